The maximum absolute atomic E-state index is 5.97. The lowest BCUT2D eigenvalue weighted by Gasteiger charge is -2.16. The maximum atomic E-state index is 5.97. The predicted octanol–water partition coefficient (Wildman–Crippen LogP) is 4.55. The van der Waals surface area contributed by atoms with Gasteiger partial charge in [-0.2, -0.15) is 0 Å². The number of ether oxygens (including phenoxy) is 1. The molecule has 0 radical (unpaired) electrons. The van der Waals surface area contributed by atoms with E-state index in [4.69, 9.17) is 4.74 Å². The summed E-state index contributed by atoms with van der Waals surface area (Å²) in [7, 11) is 0. The Balaban J connectivity index is 1.92. The van der Waals surface area contributed by atoms with Gasteiger partial charge in [-0.1, -0.05) is 28.8 Å². The lowest BCUT2D eigenvalue weighted by atomic mass is 10.1. The van der Waals surface area contributed by atoms with Crippen molar-refractivity contribution in [3.8, 4) is 5.75 Å². The Bertz CT molecular complexity index is 286. The van der Waals surface area contributed by atoms with Crippen molar-refractivity contribution >= 4 is 15.9 Å². The molecular formula is C13H17BrO. The van der Waals surface area contributed by atoms with E-state index >= 15 is 0 Å². The molecule has 2 heteroatoms. The van der Waals surface area contributed by atoms with E-state index in [-0.39, 0.29) is 0 Å². The smallest absolute Gasteiger partial charge is 0.119 e. The van der Waals surface area contributed by atoms with Gasteiger partial charge in [0, 0.05) is 4.47 Å². The average Bonchev–Trinajstić information content (AvgIpc) is 2.50. The van der Waals surface area contributed by atoms with E-state index in [0.717, 1.165) is 10.2 Å². The molecule has 0 atom stereocenters. The van der Waals surface area contributed by atoms with E-state index in [1.807, 2.05) is 24.3 Å². The number of rotatable bonds is 2. The minimum absolute atomic E-state index is 0.439. The van der Waals surface area contributed by atoms with Gasteiger partial charge in [0.1, 0.15) is 5.75 Å². The summed E-state index contributed by atoms with van der Waals surface area (Å²) in [5.74, 6) is 1.00. The van der Waals surface area contributed by atoms with Gasteiger partial charge >= 0.3 is 0 Å². The Kier molecular flexibility index (Phi) is 4.07. The van der Waals surface area contributed by atoms with Gasteiger partial charge in [0.15, 0.2) is 0 Å². The standard InChI is InChI=1S/C13H17BrO/c14-11-7-9-13(10-8-11)15-12-5-3-1-2-4-6-12/h7-10,12H,1-6H2. The van der Waals surface area contributed by atoms with Crippen LogP contribution in [0.3, 0.4) is 0 Å². The van der Waals surface area contributed by atoms with Gasteiger partial charge in [-0.3, -0.25) is 0 Å². The summed E-state index contributed by atoms with van der Waals surface area (Å²) in [5.41, 5.74) is 0. The molecule has 1 saturated carbocycles. The van der Waals surface area contributed by atoms with Crippen LogP contribution >= 0.6 is 15.9 Å². The van der Waals surface area contributed by atoms with Crippen LogP contribution in [0.5, 0.6) is 5.75 Å². The second kappa shape index (κ2) is 5.55. The van der Waals surface area contributed by atoms with Crippen molar-refractivity contribution in [2.45, 2.75) is 44.6 Å². The molecule has 1 aliphatic carbocycles. The van der Waals surface area contributed by atoms with E-state index in [2.05, 4.69) is 15.9 Å². The summed E-state index contributed by atoms with van der Waals surface area (Å²) >= 11 is 3.43. The SMILES string of the molecule is Brc1ccc(OC2CCCCCC2)cc1. The molecule has 82 valence electrons. The first kappa shape index (κ1) is 11.0. The summed E-state index contributed by atoms with van der Waals surface area (Å²) < 4.78 is 7.08. The lowest BCUT2D eigenvalue weighted by Crippen LogP contribution is -2.14. The molecule has 0 aromatic heterocycles. The van der Waals surface area contributed by atoms with Gasteiger partial charge in [0.05, 0.1) is 6.10 Å². The summed E-state index contributed by atoms with van der Waals surface area (Å²) in [6.45, 7) is 0. The van der Waals surface area contributed by atoms with Gasteiger partial charge in [-0.25, -0.2) is 0 Å². The molecule has 1 fully saturated rings. The predicted molar refractivity (Wildman–Crippen MR) is 66.3 cm³/mol. The molecular weight excluding hydrogens is 252 g/mol. The van der Waals surface area contributed by atoms with Crippen LogP contribution in [0.15, 0.2) is 28.7 Å². The van der Waals surface area contributed by atoms with Crippen molar-refractivity contribution in [1.29, 1.82) is 0 Å². The van der Waals surface area contributed by atoms with Crippen LogP contribution in [0.4, 0.5) is 0 Å². The number of benzene rings is 1. The Morgan fingerprint density at radius 2 is 1.53 bits per heavy atom. The van der Waals surface area contributed by atoms with Crippen molar-refractivity contribution in [2.75, 3.05) is 0 Å². The van der Waals surface area contributed by atoms with Crippen molar-refractivity contribution in [2.24, 2.45) is 0 Å². The molecule has 1 aromatic carbocycles. The molecule has 1 nitrogen and oxygen atoms in total. The van der Waals surface area contributed by atoms with E-state index < -0.39 is 0 Å². The molecule has 0 aliphatic heterocycles. The van der Waals surface area contributed by atoms with E-state index in [0.29, 0.717) is 6.10 Å². The molecule has 0 amide bonds. The Hall–Kier alpha value is -0.500. The van der Waals surface area contributed by atoms with Crippen LogP contribution in [-0.4, -0.2) is 6.10 Å². The van der Waals surface area contributed by atoms with Gasteiger partial charge in [0.2, 0.25) is 0 Å². The van der Waals surface area contributed by atoms with Gasteiger partial charge < -0.3 is 4.74 Å². The highest BCUT2D eigenvalue weighted by Crippen LogP contribution is 2.23. The third-order valence-corrected chi connectivity index (χ3v) is 3.45. The molecule has 0 saturated heterocycles. The van der Waals surface area contributed by atoms with E-state index in [9.17, 15) is 0 Å². The van der Waals surface area contributed by atoms with Crippen molar-refractivity contribution in [3.63, 3.8) is 0 Å². The molecule has 0 bridgehead atoms. The van der Waals surface area contributed by atoms with Crippen LogP contribution in [0.2, 0.25) is 0 Å². The molecule has 1 aliphatic rings. The highest BCUT2D eigenvalue weighted by atomic mass is 79.9. The first-order valence-electron chi connectivity index (χ1n) is 5.77. The Morgan fingerprint density at radius 3 is 2.13 bits per heavy atom. The van der Waals surface area contributed by atoms with Crippen molar-refractivity contribution in [3.05, 3.63) is 28.7 Å². The molecule has 0 spiro atoms. The van der Waals surface area contributed by atoms with Crippen LogP contribution in [0.25, 0.3) is 0 Å². The molecule has 0 N–H and O–H groups in total. The second-order valence-electron chi connectivity index (χ2n) is 4.19. The normalized spacial score (nSPS) is 18.5. The first-order valence-corrected chi connectivity index (χ1v) is 6.56. The Labute approximate surface area is 100.0 Å². The van der Waals surface area contributed by atoms with Gasteiger partial charge in [-0.15, -0.1) is 0 Å². The third-order valence-electron chi connectivity index (χ3n) is 2.92. The maximum Gasteiger partial charge on any atom is 0.119 e. The Morgan fingerprint density at radius 1 is 0.933 bits per heavy atom. The highest BCUT2D eigenvalue weighted by Gasteiger charge is 2.13. The summed E-state index contributed by atoms with van der Waals surface area (Å²) in [4.78, 5) is 0. The molecule has 15 heavy (non-hydrogen) atoms. The van der Waals surface area contributed by atoms with E-state index in [1.165, 1.54) is 38.5 Å². The zero-order valence-corrected chi connectivity index (χ0v) is 10.5. The van der Waals surface area contributed by atoms with E-state index in [1.54, 1.807) is 0 Å². The molecule has 1 aromatic rings. The topological polar surface area (TPSA) is 9.23 Å². The van der Waals surface area contributed by atoms with Crippen molar-refractivity contribution < 1.29 is 4.74 Å². The van der Waals surface area contributed by atoms with Crippen molar-refractivity contribution in [1.82, 2.24) is 0 Å². The summed E-state index contributed by atoms with van der Waals surface area (Å²) in [6.07, 6.45) is 8.27. The number of hydrogen-bond donors (Lipinski definition) is 0. The zero-order chi connectivity index (χ0) is 10.5. The summed E-state index contributed by atoms with van der Waals surface area (Å²) in [6, 6.07) is 8.14. The third kappa shape index (κ3) is 3.53. The average molecular weight is 269 g/mol. The quantitative estimate of drug-likeness (QED) is 0.715. The van der Waals surface area contributed by atoms with Crippen LogP contribution in [0, 0.1) is 0 Å². The van der Waals surface area contributed by atoms with Gasteiger partial charge in [-0.05, 0) is 49.9 Å². The molecule has 0 heterocycles. The van der Waals surface area contributed by atoms with Crippen LogP contribution in [0.1, 0.15) is 38.5 Å². The number of halogens is 1. The fraction of sp³-hybridized carbons (Fsp3) is 0.538. The highest BCUT2D eigenvalue weighted by molar-refractivity contribution is 9.10. The van der Waals surface area contributed by atoms with Crippen LogP contribution < -0.4 is 4.74 Å². The molecule has 0 unspecified atom stereocenters. The first-order chi connectivity index (χ1) is 7.34. The summed E-state index contributed by atoms with van der Waals surface area (Å²) in [5, 5.41) is 0. The second-order valence-corrected chi connectivity index (χ2v) is 5.10. The minimum Gasteiger partial charge on any atom is -0.490 e. The lowest BCUT2D eigenvalue weighted by molar-refractivity contribution is 0.184. The monoisotopic (exact) mass is 268 g/mol. The van der Waals surface area contributed by atoms with Gasteiger partial charge in [0.25, 0.3) is 0 Å². The molecule has 2 rings (SSSR count). The fourth-order valence-corrected chi connectivity index (χ4v) is 2.33. The largest absolute Gasteiger partial charge is 0.490 e. The minimum atomic E-state index is 0.439. The zero-order valence-electron chi connectivity index (χ0n) is 8.92. The van der Waals surface area contributed by atoms with Crippen LogP contribution in [-0.2, 0) is 0 Å². The fourth-order valence-electron chi connectivity index (χ4n) is 2.07. The number of hydrogen-bond acceptors (Lipinski definition) is 1.